The highest BCUT2D eigenvalue weighted by atomic mass is 16.5. The number of carbonyl (C=O) groups is 1. The van der Waals surface area contributed by atoms with Gasteiger partial charge in [-0.3, -0.25) is 9.59 Å². The molecule has 1 atom stereocenters. The lowest BCUT2D eigenvalue weighted by Crippen LogP contribution is -2.32. The molecule has 0 unspecified atom stereocenters. The molecule has 8 heteroatoms. The van der Waals surface area contributed by atoms with Crippen LogP contribution in [0.5, 0.6) is 5.75 Å². The van der Waals surface area contributed by atoms with Gasteiger partial charge in [-0.2, -0.15) is 4.98 Å². The van der Waals surface area contributed by atoms with Gasteiger partial charge >= 0.3 is 0 Å². The Morgan fingerprint density at radius 1 is 1.42 bits per heavy atom. The fourth-order valence-corrected chi connectivity index (χ4v) is 3.28. The predicted molar refractivity (Wildman–Crippen MR) is 93.4 cm³/mol. The van der Waals surface area contributed by atoms with Crippen LogP contribution in [0.1, 0.15) is 34.4 Å². The molecule has 1 aliphatic heterocycles. The normalized spacial score (nSPS) is 17.0. The van der Waals surface area contributed by atoms with Crippen LogP contribution in [-0.4, -0.2) is 46.1 Å². The Labute approximate surface area is 148 Å². The number of likely N-dealkylation sites (tertiary alicyclic amines) is 1. The van der Waals surface area contributed by atoms with Crippen molar-refractivity contribution in [3.63, 3.8) is 0 Å². The largest absolute Gasteiger partial charge is 0.497 e. The molecule has 26 heavy (non-hydrogen) atoms. The van der Waals surface area contributed by atoms with Crippen molar-refractivity contribution in [1.82, 2.24) is 20.0 Å². The highest BCUT2D eigenvalue weighted by molar-refractivity contribution is 5.97. The Balaban J connectivity index is 1.62. The highest BCUT2D eigenvalue weighted by Gasteiger charge is 2.32. The number of nitrogens with one attached hydrogen (secondary N) is 1. The standard InChI is InChI=1S/C18H18N4O4/c1-10-20-17(26-21-10)11-5-6-22(9-11)18(24)14-8-19-15-4-3-12(25-2)7-13(15)16(14)23/h3-4,7-8,11H,5-6,9H2,1-2H3,(H,19,23)/t11-/m1/s1. The second-order valence-corrected chi connectivity index (χ2v) is 6.36. The average molecular weight is 354 g/mol. The summed E-state index contributed by atoms with van der Waals surface area (Å²) in [6.07, 6.45) is 2.20. The van der Waals surface area contributed by atoms with Crippen molar-refractivity contribution in [3.8, 4) is 5.75 Å². The lowest BCUT2D eigenvalue weighted by molar-refractivity contribution is 0.0788. The van der Waals surface area contributed by atoms with Crippen LogP contribution in [-0.2, 0) is 0 Å². The zero-order valence-electron chi connectivity index (χ0n) is 14.5. The molecule has 134 valence electrons. The molecule has 0 saturated carbocycles. The molecule has 4 rings (SSSR count). The summed E-state index contributed by atoms with van der Waals surface area (Å²) in [5.41, 5.74) is 0.473. The van der Waals surface area contributed by atoms with Crippen LogP contribution in [0, 0.1) is 6.92 Å². The Kier molecular flexibility index (Phi) is 3.95. The maximum atomic E-state index is 12.9. The third kappa shape index (κ3) is 2.73. The lowest BCUT2D eigenvalue weighted by Gasteiger charge is -2.15. The van der Waals surface area contributed by atoms with Gasteiger partial charge < -0.3 is 19.1 Å². The maximum absolute atomic E-state index is 12.9. The number of hydrogen-bond acceptors (Lipinski definition) is 6. The van der Waals surface area contributed by atoms with Gasteiger partial charge in [-0.1, -0.05) is 5.16 Å². The fraction of sp³-hybridized carbons (Fsp3) is 0.333. The molecule has 0 aliphatic carbocycles. The van der Waals surface area contributed by atoms with E-state index >= 15 is 0 Å². The van der Waals surface area contributed by atoms with Gasteiger partial charge in [-0.15, -0.1) is 0 Å². The summed E-state index contributed by atoms with van der Waals surface area (Å²) in [5, 5.41) is 4.23. The number of aromatic nitrogens is 3. The minimum absolute atomic E-state index is 0.000202. The predicted octanol–water partition coefficient (Wildman–Crippen LogP) is 1.86. The number of methoxy groups -OCH3 is 1. The first kappa shape index (κ1) is 16.3. The molecule has 1 fully saturated rings. The van der Waals surface area contributed by atoms with E-state index in [0.29, 0.717) is 41.5 Å². The van der Waals surface area contributed by atoms with Gasteiger partial charge in [0.15, 0.2) is 5.82 Å². The van der Waals surface area contributed by atoms with Crippen LogP contribution in [0.3, 0.4) is 0 Å². The van der Waals surface area contributed by atoms with Crippen molar-refractivity contribution in [2.24, 2.45) is 0 Å². The van der Waals surface area contributed by atoms with E-state index in [9.17, 15) is 9.59 Å². The van der Waals surface area contributed by atoms with E-state index in [0.717, 1.165) is 6.42 Å². The number of rotatable bonds is 3. The van der Waals surface area contributed by atoms with Crippen molar-refractivity contribution in [1.29, 1.82) is 0 Å². The zero-order chi connectivity index (χ0) is 18.3. The third-order valence-corrected chi connectivity index (χ3v) is 4.69. The first-order valence-corrected chi connectivity index (χ1v) is 8.35. The summed E-state index contributed by atoms with van der Waals surface area (Å²) in [6.45, 7) is 2.75. The van der Waals surface area contributed by atoms with E-state index in [-0.39, 0.29) is 22.8 Å². The number of aryl methyl sites for hydroxylation is 1. The van der Waals surface area contributed by atoms with E-state index in [1.807, 2.05) is 0 Å². The van der Waals surface area contributed by atoms with Gasteiger partial charge in [0.1, 0.15) is 11.3 Å². The van der Waals surface area contributed by atoms with Crippen molar-refractivity contribution in [2.75, 3.05) is 20.2 Å². The smallest absolute Gasteiger partial charge is 0.259 e. The maximum Gasteiger partial charge on any atom is 0.259 e. The van der Waals surface area contributed by atoms with Gasteiger partial charge in [0.25, 0.3) is 5.91 Å². The van der Waals surface area contributed by atoms with Gasteiger partial charge in [0.05, 0.1) is 13.0 Å². The Morgan fingerprint density at radius 2 is 2.27 bits per heavy atom. The van der Waals surface area contributed by atoms with Gasteiger partial charge in [-0.25, -0.2) is 0 Å². The number of H-pyrrole nitrogens is 1. The molecular weight excluding hydrogens is 336 g/mol. The van der Waals surface area contributed by atoms with Crippen LogP contribution in [0.2, 0.25) is 0 Å². The molecule has 0 spiro atoms. The van der Waals surface area contributed by atoms with Crippen molar-refractivity contribution < 1.29 is 14.1 Å². The number of pyridine rings is 1. The van der Waals surface area contributed by atoms with Crippen molar-refractivity contribution in [2.45, 2.75) is 19.3 Å². The second kappa shape index (κ2) is 6.29. The van der Waals surface area contributed by atoms with Gasteiger partial charge in [-0.05, 0) is 31.5 Å². The minimum atomic E-state index is -0.306. The molecule has 8 nitrogen and oxygen atoms in total. The molecule has 1 N–H and O–H groups in total. The van der Waals surface area contributed by atoms with Crippen LogP contribution in [0.4, 0.5) is 0 Å². The second-order valence-electron chi connectivity index (χ2n) is 6.36. The highest BCUT2D eigenvalue weighted by Crippen LogP contribution is 2.27. The number of aromatic amines is 1. The molecular formula is C18H18N4O4. The molecule has 3 aromatic rings. The zero-order valence-corrected chi connectivity index (χ0v) is 14.5. The van der Waals surface area contributed by atoms with Crippen LogP contribution in [0.25, 0.3) is 10.9 Å². The Morgan fingerprint density at radius 3 is 3.00 bits per heavy atom. The average Bonchev–Trinajstić information content (AvgIpc) is 3.30. The molecule has 0 radical (unpaired) electrons. The Hall–Kier alpha value is -3.16. The summed E-state index contributed by atoms with van der Waals surface area (Å²) in [7, 11) is 1.54. The third-order valence-electron chi connectivity index (χ3n) is 4.69. The van der Waals surface area contributed by atoms with Crippen molar-refractivity contribution in [3.05, 3.63) is 51.9 Å². The van der Waals surface area contributed by atoms with Crippen molar-refractivity contribution >= 4 is 16.8 Å². The first-order chi connectivity index (χ1) is 12.6. The molecule has 0 bridgehead atoms. The Bertz CT molecular complexity index is 1040. The number of nitrogens with zero attached hydrogens (tertiary/aromatic N) is 3. The quantitative estimate of drug-likeness (QED) is 0.770. The minimum Gasteiger partial charge on any atom is -0.497 e. The van der Waals surface area contributed by atoms with E-state index < -0.39 is 0 Å². The molecule has 1 aliphatic rings. The number of carbonyl (C=O) groups excluding carboxylic acids is 1. The van der Waals surface area contributed by atoms with Crippen LogP contribution >= 0.6 is 0 Å². The summed E-state index contributed by atoms with van der Waals surface area (Å²) in [6, 6.07) is 5.16. The molecule has 1 aromatic carbocycles. The van der Waals surface area contributed by atoms with E-state index in [1.165, 1.54) is 13.3 Å². The summed E-state index contributed by atoms with van der Waals surface area (Å²) >= 11 is 0. The number of amides is 1. The van der Waals surface area contributed by atoms with E-state index in [4.69, 9.17) is 9.26 Å². The molecule has 1 amide bonds. The fourth-order valence-electron chi connectivity index (χ4n) is 3.28. The molecule has 2 aromatic heterocycles. The van der Waals surface area contributed by atoms with Gasteiger partial charge in [0, 0.05) is 30.2 Å². The topological polar surface area (TPSA) is 101 Å². The lowest BCUT2D eigenvalue weighted by atomic mass is 10.1. The van der Waals surface area contributed by atoms with E-state index in [1.54, 1.807) is 30.0 Å². The summed E-state index contributed by atoms with van der Waals surface area (Å²) < 4.78 is 10.4. The van der Waals surface area contributed by atoms with Crippen LogP contribution < -0.4 is 10.2 Å². The van der Waals surface area contributed by atoms with Crippen LogP contribution in [0.15, 0.2) is 33.7 Å². The number of benzene rings is 1. The number of fused-ring (bicyclic) bond motifs is 1. The summed E-state index contributed by atoms with van der Waals surface area (Å²) in [4.78, 5) is 34.6. The number of ether oxygens (including phenoxy) is 1. The summed E-state index contributed by atoms with van der Waals surface area (Å²) in [5.74, 6) is 1.38. The molecule has 1 saturated heterocycles. The monoisotopic (exact) mass is 354 g/mol. The van der Waals surface area contributed by atoms with Gasteiger partial charge in [0.2, 0.25) is 11.3 Å². The SMILES string of the molecule is COc1ccc2[nH]cc(C(=O)N3CC[C@@H](c4nc(C)no4)C3)c(=O)c2c1. The first-order valence-electron chi connectivity index (χ1n) is 8.35. The van der Waals surface area contributed by atoms with E-state index in [2.05, 4.69) is 15.1 Å². The molecule has 3 heterocycles. The number of hydrogen-bond donors (Lipinski definition) is 1.